The molecule has 10 heavy (non-hydrogen) atoms. The van der Waals surface area contributed by atoms with Crippen LogP contribution in [0, 0.1) is 0 Å². The van der Waals surface area contributed by atoms with Gasteiger partial charge in [0.1, 0.15) is 0 Å². The van der Waals surface area contributed by atoms with Crippen LogP contribution >= 0.6 is 7.60 Å². The van der Waals surface area contributed by atoms with Crippen LogP contribution in [0.1, 0.15) is 0 Å². The first kappa shape index (κ1) is 7.27. The first-order chi connectivity index (χ1) is 4.50. The van der Waals surface area contributed by atoms with Crippen molar-refractivity contribution in [3.8, 4) is 0 Å². The molecule has 4 N–H and O–H groups in total. The summed E-state index contributed by atoms with van der Waals surface area (Å²) in [6, 6.07) is 1.17. The maximum Gasteiger partial charge on any atom is 0.376 e. The van der Waals surface area contributed by atoms with Crippen molar-refractivity contribution in [1.82, 2.24) is 9.89 Å². The topological polar surface area (TPSA) is 101 Å². The predicted octanol–water partition coefficient (Wildman–Crippen LogP) is -1.60. The normalized spacial score (nSPS) is 11.8. The minimum Gasteiger partial charge on any atom is -0.323 e. The van der Waals surface area contributed by atoms with Gasteiger partial charge in [0.25, 0.3) is 0 Å². The summed E-state index contributed by atoms with van der Waals surface area (Å²) >= 11 is 0. The van der Waals surface area contributed by atoms with Crippen LogP contribution in [0.4, 0.5) is 0 Å². The molecule has 1 rings (SSSR count). The van der Waals surface area contributed by atoms with E-state index >= 15 is 0 Å². The highest BCUT2D eigenvalue weighted by molar-refractivity contribution is 7.60. The van der Waals surface area contributed by atoms with Crippen LogP contribution < -0.4 is 11.3 Å². The van der Waals surface area contributed by atoms with Crippen LogP contribution in [-0.4, -0.2) is 19.7 Å². The van der Waals surface area contributed by atoms with Crippen LogP contribution in [0.5, 0.6) is 0 Å². The van der Waals surface area contributed by atoms with Gasteiger partial charge in [-0.15, -0.1) is 5.10 Å². The highest BCUT2D eigenvalue weighted by Crippen LogP contribution is 2.31. The van der Waals surface area contributed by atoms with Crippen molar-refractivity contribution in [2.24, 2.45) is 0 Å². The minimum absolute atomic E-state index is 0.310. The monoisotopic (exact) mass is 163 g/mol. The van der Waals surface area contributed by atoms with E-state index in [0.29, 0.717) is 0 Å². The first-order valence-electron chi connectivity index (χ1n) is 2.37. The van der Waals surface area contributed by atoms with Gasteiger partial charge in [0.15, 0.2) is 5.44 Å². The summed E-state index contributed by atoms with van der Waals surface area (Å²) in [5.41, 5.74) is -0.310. The SMILES string of the molecule is Nn1ccc(P(=O)(O)O)n1. The molecule has 0 saturated heterocycles. The molecule has 0 fully saturated rings. The number of nitrogens with zero attached hydrogens (tertiary/aromatic N) is 2. The second-order valence-corrected chi connectivity index (χ2v) is 3.24. The van der Waals surface area contributed by atoms with E-state index in [4.69, 9.17) is 15.6 Å². The molecule has 0 aromatic carbocycles. The molecule has 0 amide bonds. The fraction of sp³-hybridized carbons (Fsp3) is 0. The van der Waals surface area contributed by atoms with Crippen molar-refractivity contribution < 1.29 is 14.4 Å². The third-order valence-corrected chi connectivity index (χ3v) is 1.73. The first-order valence-corrected chi connectivity index (χ1v) is 3.98. The summed E-state index contributed by atoms with van der Waals surface area (Å²) < 4.78 is 10.4. The summed E-state index contributed by atoms with van der Waals surface area (Å²) in [6.07, 6.45) is 1.26. The third-order valence-electron chi connectivity index (χ3n) is 0.893. The number of nitrogen functional groups attached to an aromatic ring is 1. The molecular weight excluding hydrogens is 157 g/mol. The maximum absolute atomic E-state index is 10.4. The zero-order chi connectivity index (χ0) is 7.78. The molecule has 1 aromatic heterocycles. The minimum atomic E-state index is -4.21. The van der Waals surface area contributed by atoms with Crippen LogP contribution in [0.15, 0.2) is 12.3 Å². The number of nitrogens with two attached hydrogens (primary N) is 1. The Hall–Kier alpha value is -0.840. The predicted molar refractivity (Wildman–Crippen MR) is 34.1 cm³/mol. The third kappa shape index (κ3) is 1.36. The van der Waals surface area contributed by atoms with Crippen LogP contribution in [0.2, 0.25) is 0 Å². The van der Waals surface area contributed by atoms with Gasteiger partial charge in [-0.2, -0.15) is 4.79 Å². The van der Waals surface area contributed by atoms with Crippen molar-refractivity contribution in [1.29, 1.82) is 0 Å². The molecule has 0 spiro atoms. The van der Waals surface area contributed by atoms with Crippen molar-refractivity contribution in [2.45, 2.75) is 0 Å². The Labute approximate surface area is 56.4 Å². The highest BCUT2D eigenvalue weighted by atomic mass is 31.2. The smallest absolute Gasteiger partial charge is 0.323 e. The summed E-state index contributed by atoms with van der Waals surface area (Å²) in [4.78, 5) is 17.8. The van der Waals surface area contributed by atoms with Gasteiger partial charge in [-0.05, 0) is 6.07 Å². The van der Waals surface area contributed by atoms with Crippen LogP contribution in [0.3, 0.4) is 0 Å². The molecule has 0 unspecified atom stereocenters. The van der Waals surface area contributed by atoms with E-state index in [1.807, 2.05) is 0 Å². The van der Waals surface area contributed by atoms with Crippen molar-refractivity contribution in [2.75, 3.05) is 5.84 Å². The Morgan fingerprint density at radius 2 is 2.30 bits per heavy atom. The molecule has 7 heteroatoms. The largest absolute Gasteiger partial charge is 0.376 e. The molecule has 0 radical (unpaired) electrons. The van der Waals surface area contributed by atoms with Gasteiger partial charge in [-0.1, -0.05) is 0 Å². The Kier molecular flexibility index (Phi) is 1.52. The molecule has 1 heterocycles. The summed E-state index contributed by atoms with van der Waals surface area (Å²) in [7, 11) is -4.21. The van der Waals surface area contributed by atoms with E-state index in [-0.39, 0.29) is 5.44 Å². The summed E-state index contributed by atoms with van der Waals surface area (Å²) in [5, 5.41) is 3.31. The zero-order valence-electron chi connectivity index (χ0n) is 4.88. The Balaban J connectivity index is 3.08. The van der Waals surface area contributed by atoms with Gasteiger partial charge in [0, 0.05) is 6.20 Å². The lowest BCUT2D eigenvalue weighted by molar-refractivity contribution is 0.386. The summed E-state index contributed by atoms with van der Waals surface area (Å²) in [6.45, 7) is 0. The standard InChI is InChI=1S/C3H6N3O3P/c4-6-2-1-3(5-6)10(7,8)9/h1-2H,4H2,(H2,7,8,9). The van der Waals surface area contributed by atoms with Crippen molar-refractivity contribution in [3.63, 3.8) is 0 Å². The average molecular weight is 163 g/mol. The second-order valence-electron chi connectivity index (χ2n) is 1.70. The zero-order valence-corrected chi connectivity index (χ0v) is 5.77. The number of rotatable bonds is 1. The molecular formula is C3H6N3O3P. The molecule has 0 aliphatic heterocycles. The van der Waals surface area contributed by atoms with E-state index in [9.17, 15) is 4.57 Å². The van der Waals surface area contributed by atoms with E-state index in [2.05, 4.69) is 5.10 Å². The molecule has 56 valence electrons. The lowest BCUT2D eigenvalue weighted by atomic mass is 10.8. The lowest BCUT2D eigenvalue weighted by Crippen LogP contribution is -2.14. The van der Waals surface area contributed by atoms with E-state index < -0.39 is 7.60 Å². The van der Waals surface area contributed by atoms with Gasteiger partial charge in [0.2, 0.25) is 0 Å². The lowest BCUT2D eigenvalue weighted by Gasteiger charge is -1.95. The maximum atomic E-state index is 10.4. The molecule has 1 aromatic rings. The van der Waals surface area contributed by atoms with Crippen molar-refractivity contribution >= 4 is 13.0 Å². The molecule has 6 nitrogen and oxygen atoms in total. The van der Waals surface area contributed by atoms with Gasteiger partial charge in [0.05, 0.1) is 0 Å². The van der Waals surface area contributed by atoms with E-state index in [0.717, 1.165) is 4.79 Å². The fourth-order valence-corrected chi connectivity index (χ4v) is 0.964. The Bertz CT molecular complexity index is 276. The highest BCUT2D eigenvalue weighted by Gasteiger charge is 2.19. The number of hydrogen-bond donors (Lipinski definition) is 3. The fourth-order valence-electron chi connectivity index (χ4n) is 0.483. The van der Waals surface area contributed by atoms with Gasteiger partial charge < -0.3 is 15.6 Å². The van der Waals surface area contributed by atoms with Crippen molar-refractivity contribution in [3.05, 3.63) is 12.3 Å². The van der Waals surface area contributed by atoms with E-state index in [1.54, 1.807) is 0 Å². The quantitative estimate of drug-likeness (QED) is 0.342. The molecule has 0 aliphatic rings. The molecule has 0 aliphatic carbocycles. The van der Waals surface area contributed by atoms with Crippen LogP contribution in [0.25, 0.3) is 0 Å². The van der Waals surface area contributed by atoms with Gasteiger partial charge in [-0.3, -0.25) is 4.57 Å². The number of hydrogen-bond acceptors (Lipinski definition) is 3. The van der Waals surface area contributed by atoms with Gasteiger partial charge >= 0.3 is 7.60 Å². The Morgan fingerprint density at radius 1 is 1.70 bits per heavy atom. The molecule has 0 saturated carbocycles. The Morgan fingerprint density at radius 3 is 2.50 bits per heavy atom. The molecule has 0 bridgehead atoms. The van der Waals surface area contributed by atoms with Gasteiger partial charge in [-0.25, -0.2) is 0 Å². The second kappa shape index (κ2) is 2.09. The number of aromatic nitrogens is 2. The molecule has 0 atom stereocenters. The van der Waals surface area contributed by atoms with Crippen LogP contribution in [-0.2, 0) is 4.57 Å². The summed E-state index contributed by atoms with van der Waals surface area (Å²) in [5.74, 6) is 5.04. The van der Waals surface area contributed by atoms with E-state index in [1.165, 1.54) is 12.3 Å². The average Bonchev–Trinajstić information content (AvgIpc) is 2.11.